The average Bonchev–Trinajstić information content (AvgIpc) is 2.26. The highest BCUT2D eigenvalue weighted by Gasteiger charge is 2.02. The number of aryl methyl sites for hydroxylation is 2. The smallest absolute Gasteiger partial charge is 0.186 e. The highest BCUT2D eigenvalue weighted by atomic mass is 16.6. The van der Waals surface area contributed by atoms with Crippen LogP contribution in [0, 0.1) is 6.92 Å². The molecule has 15 heavy (non-hydrogen) atoms. The standard InChI is InChI=1S/C11H16O2.C2H6/c1-3-4-10-7-9(2)5-6-11(10)13-8-12;1-2/h5-7,12H,3-4,8H2,1-2H3;1-2H3. The van der Waals surface area contributed by atoms with Crippen molar-refractivity contribution in [3.05, 3.63) is 29.3 Å². The molecule has 0 fully saturated rings. The summed E-state index contributed by atoms with van der Waals surface area (Å²) < 4.78 is 5.10. The summed E-state index contributed by atoms with van der Waals surface area (Å²) in [5, 5.41) is 8.66. The first-order chi connectivity index (χ1) is 7.27. The van der Waals surface area contributed by atoms with Crippen LogP contribution >= 0.6 is 0 Å². The van der Waals surface area contributed by atoms with E-state index in [1.54, 1.807) is 0 Å². The fraction of sp³-hybridized carbons (Fsp3) is 0.538. The van der Waals surface area contributed by atoms with Gasteiger partial charge in [-0.2, -0.15) is 0 Å². The van der Waals surface area contributed by atoms with Crippen molar-refractivity contribution in [3.63, 3.8) is 0 Å². The Morgan fingerprint density at radius 1 is 1.27 bits per heavy atom. The zero-order valence-corrected chi connectivity index (χ0v) is 10.2. The molecule has 0 heterocycles. The predicted octanol–water partition coefficient (Wildman–Crippen LogP) is 3.30. The van der Waals surface area contributed by atoms with Crippen LogP contribution in [0.3, 0.4) is 0 Å². The maximum atomic E-state index is 8.66. The van der Waals surface area contributed by atoms with Crippen molar-refractivity contribution in [1.29, 1.82) is 0 Å². The number of benzene rings is 1. The van der Waals surface area contributed by atoms with Crippen LogP contribution < -0.4 is 4.74 Å². The summed E-state index contributed by atoms with van der Waals surface area (Å²) in [6.07, 6.45) is 2.09. The molecule has 0 aliphatic rings. The summed E-state index contributed by atoms with van der Waals surface area (Å²) in [5.74, 6) is 0.801. The first-order valence-corrected chi connectivity index (χ1v) is 5.61. The Morgan fingerprint density at radius 2 is 1.93 bits per heavy atom. The highest BCUT2D eigenvalue weighted by Crippen LogP contribution is 2.21. The first-order valence-electron chi connectivity index (χ1n) is 5.61. The van der Waals surface area contributed by atoms with Crippen LogP contribution in [0.4, 0.5) is 0 Å². The van der Waals surface area contributed by atoms with Gasteiger partial charge in [0.15, 0.2) is 6.79 Å². The largest absolute Gasteiger partial charge is 0.467 e. The molecule has 1 aromatic carbocycles. The minimum Gasteiger partial charge on any atom is -0.467 e. The normalized spacial score (nSPS) is 9.13. The van der Waals surface area contributed by atoms with E-state index in [-0.39, 0.29) is 6.79 Å². The molecule has 86 valence electrons. The molecule has 0 amide bonds. The molecule has 0 aromatic heterocycles. The zero-order chi connectivity index (χ0) is 11.7. The number of hydrogen-bond acceptors (Lipinski definition) is 2. The van der Waals surface area contributed by atoms with Gasteiger partial charge in [0, 0.05) is 0 Å². The van der Waals surface area contributed by atoms with E-state index in [4.69, 9.17) is 9.84 Å². The molecular formula is C13H22O2. The van der Waals surface area contributed by atoms with Crippen molar-refractivity contribution in [2.75, 3.05) is 6.79 Å². The number of aliphatic hydroxyl groups excluding tert-OH is 1. The molecule has 0 bridgehead atoms. The maximum absolute atomic E-state index is 8.66. The highest BCUT2D eigenvalue weighted by molar-refractivity contribution is 5.36. The summed E-state index contributed by atoms with van der Waals surface area (Å²) in [6, 6.07) is 6.01. The van der Waals surface area contributed by atoms with E-state index in [1.807, 2.05) is 26.0 Å². The van der Waals surface area contributed by atoms with Gasteiger partial charge in [-0.05, 0) is 25.0 Å². The Balaban J connectivity index is 0.000000921. The topological polar surface area (TPSA) is 29.5 Å². The van der Waals surface area contributed by atoms with Gasteiger partial charge < -0.3 is 9.84 Å². The SMILES string of the molecule is CC.CCCc1cc(C)ccc1OCO. The van der Waals surface area contributed by atoms with E-state index >= 15 is 0 Å². The molecule has 1 N–H and O–H groups in total. The maximum Gasteiger partial charge on any atom is 0.186 e. The molecule has 1 rings (SSSR count). The quantitative estimate of drug-likeness (QED) is 0.773. The third-order valence-electron chi connectivity index (χ3n) is 1.96. The molecule has 1 aromatic rings. The summed E-state index contributed by atoms with van der Waals surface area (Å²) in [6.45, 7) is 7.94. The van der Waals surface area contributed by atoms with Gasteiger partial charge in [0.1, 0.15) is 5.75 Å². The number of hydrogen-bond donors (Lipinski definition) is 1. The van der Waals surface area contributed by atoms with E-state index < -0.39 is 0 Å². The third kappa shape index (κ3) is 4.84. The lowest BCUT2D eigenvalue weighted by Gasteiger charge is -2.09. The van der Waals surface area contributed by atoms with Crippen LogP contribution in [0.1, 0.15) is 38.3 Å². The van der Waals surface area contributed by atoms with Crippen molar-refractivity contribution in [1.82, 2.24) is 0 Å². The second kappa shape index (κ2) is 8.30. The van der Waals surface area contributed by atoms with Gasteiger partial charge in [-0.3, -0.25) is 0 Å². The monoisotopic (exact) mass is 210 g/mol. The Bertz CT molecular complexity index is 269. The lowest BCUT2D eigenvalue weighted by molar-refractivity contribution is 0.0975. The molecule has 0 unspecified atom stereocenters. The summed E-state index contributed by atoms with van der Waals surface area (Å²) in [5.41, 5.74) is 2.41. The molecular weight excluding hydrogens is 188 g/mol. The third-order valence-corrected chi connectivity index (χ3v) is 1.96. The molecule has 0 saturated carbocycles. The summed E-state index contributed by atoms with van der Waals surface area (Å²) in [4.78, 5) is 0. The first kappa shape index (κ1) is 14.0. The van der Waals surface area contributed by atoms with Crippen molar-refractivity contribution in [2.45, 2.75) is 40.5 Å². The minimum atomic E-state index is -0.250. The van der Waals surface area contributed by atoms with Gasteiger partial charge in [-0.1, -0.05) is 44.9 Å². The summed E-state index contributed by atoms with van der Waals surface area (Å²) >= 11 is 0. The molecule has 0 atom stereocenters. The fourth-order valence-corrected chi connectivity index (χ4v) is 1.38. The molecule has 2 nitrogen and oxygen atoms in total. The van der Waals surface area contributed by atoms with Gasteiger partial charge in [0.2, 0.25) is 0 Å². The van der Waals surface area contributed by atoms with Crippen LogP contribution in [0.15, 0.2) is 18.2 Å². The zero-order valence-electron chi connectivity index (χ0n) is 10.2. The number of ether oxygens (including phenoxy) is 1. The van der Waals surface area contributed by atoms with Crippen molar-refractivity contribution >= 4 is 0 Å². The average molecular weight is 210 g/mol. The Hall–Kier alpha value is -1.02. The lowest BCUT2D eigenvalue weighted by Crippen LogP contribution is -1.98. The van der Waals surface area contributed by atoms with Crippen LogP contribution in [0.25, 0.3) is 0 Å². The molecule has 0 saturated heterocycles. The van der Waals surface area contributed by atoms with Crippen LogP contribution in [-0.2, 0) is 6.42 Å². The second-order valence-electron chi connectivity index (χ2n) is 3.13. The van der Waals surface area contributed by atoms with E-state index in [2.05, 4.69) is 19.9 Å². The van der Waals surface area contributed by atoms with Gasteiger partial charge in [-0.25, -0.2) is 0 Å². The van der Waals surface area contributed by atoms with Gasteiger partial charge in [0.05, 0.1) is 0 Å². The molecule has 0 spiro atoms. The van der Waals surface area contributed by atoms with Crippen LogP contribution in [-0.4, -0.2) is 11.9 Å². The molecule has 2 heteroatoms. The van der Waals surface area contributed by atoms with E-state index in [0.717, 1.165) is 18.6 Å². The second-order valence-corrected chi connectivity index (χ2v) is 3.13. The molecule has 0 aliphatic heterocycles. The Morgan fingerprint density at radius 3 is 2.47 bits per heavy atom. The van der Waals surface area contributed by atoms with Crippen molar-refractivity contribution in [3.8, 4) is 5.75 Å². The lowest BCUT2D eigenvalue weighted by atomic mass is 10.1. The predicted molar refractivity (Wildman–Crippen MR) is 64.2 cm³/mol. The van der Waals surface area contributed by atoms with Crippen LogP contribution in [0.5, 0.6) is 5.75 Å². The van der Waals surface area contributed by atoms with E-state index in [9.17, 15) is 0 Å². The van der Waals surface area contributed by atoms with Gasteiger partial charge in [0.25, 0.3) is 0 Å². The number of rotatable bonds is 4. The fourth-order valence-electron chi connectivity index (χ4n) is 1.38. The van der Waals surface area contributed by atoms with Crippen LogP contribution in [0.2, 0.25) is 0 Å². The molecule has 0 radical (unpaired) electrons. The Labute approximate surface area is 92.9 Å². The van der Waals surface area contributed by atoms with E-state index in [1.165, 1.54) is 11.1 Å². The summed E-state index contributed by atoms with van der Waals surface area (Å²) in [7, 11) is 0. The molecule has 0 aliphatic carbocycles. The Kier molecular flexibility index (Phi) is 7.74. The van der Waals surface area contributed by atoms with Gasteiger partial charge >= 0.3 is 0 Å². The van der Waals surface area contributed by atoms with Crippen molar-refractivity contribution < 1.29 is 9.84 Å². The van der Waals surface area contributed by atoms with E-state index in [0.29, 0.717) is 0 Å². The minimum absolute atomic E-state index is 0.250. The van der Waals surface area contributed by atoms with Crippen molar-refractivity contribution in [2.24, 2.45) is 0 Å². The van der Waals surface area contributed by atoms with Gasteiger partial charge in [-0.15, -0.1) is 0 Å². The number of aliphatic hydroxyl groups is 1.